The van der Waals surface area contributed by atoms with E-state index in [0.29, 0.717) is 10.6 Å². The first kappa shape index (κ1) is 17.9. The number of carbonyl (C=O) groups excluding carboxylic acids is 1. The van der Waals surface area contributed by atoms with Gasteiger partial charge in [0, 0.05) is 10.6 Å². The van der Waals surface area contributed by atoms with Gasteiger partial charge in [0.15, 0.2) is 6.61 Å². The van der Waals surface area contributed by atoms with Crippen molar-refractivity contribution in [1.29, 1.82) is 0 Å². The van der Waals surface area contributed by atoms with E-state index < -0.39 is 17.7 Å². The Morgan fingerprint density at radius 1 is 1.12 bits per heavy atom. The van der Waals surface area contributed by atoms with Gasteiger partial charge < -0.3 is 9.15 Å². The van der Waals surface area contributed by atoms with E-state index in [4.69, 9.17) is 20.8 Å². The van der Waals surface area contributed by atoms with Gasteiger partial charge in [0.05, 0.1) is 11.1 Å². The van der Waals surface area contributed by atoms with Gasteiger partial charge >= 0.3 is 12.1 Å². The van der Waals surface area contributed by atoms with E-state index in [2.05, 4.69) is 10.2 Å². The van der Waals surface area contributed by atoms with Crippen LogP contribution >= 0.6 is 11.6 Å². The fourth-order valence-electron chi connectivity index (χ4n) is 2.05. The second-order valence-electron chi connectivity index (χ2n) is 5.16. The number of esters is 1. The van der Waals surface area contributed by atoms with Crippen LogP contribution in [0.15, 0.2) is 52.9 Å². The summed E-state index contributed by atoms with van der Waals surface area (Å²) in [6.07, 6.45) is -4.55. The fraction of sp³-hybridized carbons (Fsp3) is 0.118. The van der Waals surface area contributed by atoms with Gasteiger partial charge in [-0.15, -0.1) is 10.2 Å². The van der Waals surface area contributed by atoms with Crippen LogP contribution in [-0.2, 0) is 17.5 Å². The zero-order valence-electron chi connectivity index (χ0n) is 13.0. The van der Waals surface area contributed by atoms with Crippen molar-refractivity contribution in [2.24, 2.45) is 0 Å². The Morgan fingerprint density at radius 2 is 1.85 bits per heavy atom. The summed E-state index contributed by atoms with van der Waals surface area (Å²) in [5.41, 5.74) is -0.538. The number of hydrogen-bond acceptors (Lipinski definition) is 5. The lowest BCUT2D eigenvalue weighted by molar-refractivity contribution is -0.137. The molecular formula is C17H10ClF3N2O3. The number of ether oxygens (including phenoxy) is 1. The van der Waals surface area contributed by atoms with Crippen LogP contribution < -0.4 is 0 Å². The summed E-state index contributed by atoms with van der Waals surface area (Å²) in [7, 11) is 0. The summed E-state index contributed by atoms with van der Waals surface area (Å²) >= 11 is 5.79. The summed E-state index contributed by atoms with van der Waals surface area (Å²) in [6.45, 7) is -0.365. The van der Waals surface area contributed by atoms with Gasteiger partial charge in [-0.25, -0.2) is 4.79 Å². The maximum absolute atomic E-state index is 12.7. The van der Waals surface area contributed by atoms with Crippen molar-refractivity contribution in [2.75, 3.05) is 0 Å². The van der Waals surface area contributed by atoms with Crippen molar-refractivity contribution >= 4 is 17.6 Å². The van der Waals surface area contributed by atoms with Gasteiger partial charge in [0.2, 0.25) is 5.89 Å². The van der Waals surface area contributed by atoms with E-state index in [0.717, 1.165) is 18.2 Å². The summed E-state index contributed by atoms with van der Waals surface area (Å²) in [5.74, 6) is -0.718. The van der Waals surface area contributed by atoms with Gasteiger partial charge in [-0.3, -0.25) is 0 Å². The molecule has 0 saturated carbocycles. The lowest BCUT2D eigenvalue weighted by Crippen LogP contribution is -2.09. The number of halogens is 4. The van der Waals surface area contributed by atoms with Crippen molar-refractivity contribution in [3.63, 3.8) is 0 Å². The molecule has 0 amide bonds. The molecule has 0 spiro atoms. The van der Waals surface area contributed by atoms with Crippen molar-refractivity contribution in [1.82, 2.24) is 10.2 Å². The Balaban J connectivity index is 1.66. The van der Waals surface area contributed by atoms with Gasteiger partial charge in [0.1, 0.15) is 0 Å². The molecule has 0 radical (unpaired) electrons. The largest absolute Gasteiger partial charge is 0.452 e. The average molecular weight is 383 g/mol. The highest BCUT2D eigenvalue weighted by Gasteiger charge is 2.31. The van der Waals surface area contributed by atoms with E-state index in [1.807, 2.05) is 0 Å². The Bertz CT molecular complexity index is 924. The smallest absolute Gasteiger partial charge is 0.416 e. The monoisotopic (exact) mass is 382 g/mol. The van der Waals surface area contributed by atoms with Crippen molar-refractivity contribution in [3.8, 4) is 11.5 Å². The third-order valence-electron chi connectivity index (χ3n) is 3.31. The van der Waals surface area contributed by atoms with Gasteiger partial charge in [-0.2, -0.15) is 13.2 Å². The molecule has 26 heavy (non-hydrogen) atoms. The van der Waals surface area contributed by atoms with E-state index in [-0.39, 0.29) is 24.0 Å². The predicted octanol–water partition coefficient (Wildman–Crippen LogP) is 4.77. The molecule has 0 bridgehead atoms. The van der Waals surface area contributed by atoms with Crippen molar-refractivity contribution < 1.29 is 27.1 Å². The SMILES string of the molecule is O=C(OCc1nnc(-c2ccc(Cl)cc2)o1)c1cccc(C(F)(F)F)c1. The molecule has 0 saturated heterocycles. The molecule has 0 atom stereocenters. The quantitative estimate of drug-likeness (QED) is 0.608. The molecule has 3 aromatic rings. The minimum Gasteiger partial charge on any atom is -0.452 e. The second-order valence-corrected chi connectivity index (χ2v) is 5.60. The lowest BCUT2D eigenvalue weighted by atomic mass is 10.1. The topological polar surface area (TPSA) is 65.2 Å². The number of hydrogen-bond donors (Lipinski definition) is 0. The Morgan fingerprint density at radius 3 is 2.54 bits per heavy atom. The minimum atomic E-state index is -4.55. The molecule has 3 rings (SSSR count). The molecule has 1 aromatic heterocycles. The van der Waals surface area contributed by atoms with Gasteiger partial charge in [0.25, 0.3) is 5.89 Å². The molecule has 0 N–H and O–H groups in total. The summed E-state index contributed by atoms with van der Waals surface area (Å²) in [4.78, 5) is 11.9. The summed E-state index contributed by atoms with van der Waals surface area (Å²) in [5, 5.41) is 8.09. The van der Waals surface area contributed by atoms with Gasteiger partial charge in [-0.05, 0) is 42.5 Å². The van der Waals surface area contributed by atoms with Crippen LogP contribution in [-0.4, -0.2) is 16.2 Å². The predicted molar refractivity (Wildman–Crippen MR) is 85.3 cm³/mol. The lowest BCUT2D eigenvalue weighted by Gasteiger charge is -2.08. The molecule has 2 aromatic carbocycles. The molecule has 0 aliphatic rings. The maximum Gasteiger partial charge on any atom is 0.416 e. The molecular weight excluding hydrogens is 373 g/mol. The van der Waals surface area contributed by atoms with Crippen molar-refractivity contribution in [2.45, 2.75) is 12.8 Å². The van der Waals surface area contributed by atoms with Crippen LogP contribution in [0.5, 0.6) is 0 Å². The Kier molecular flexibility index (Phi) is 4.94. The van der Waals surface area contributed by atoms with Crippen LogP contribution in [0.1, 0.15) is 21.8 Å². The third kappa shape index (κ3) is 4.20. The Hall–Kier alpha value is -2.87. The fourth-order valence-corrected chi connectivity index (χ4v) is 2.18. The first-order valence-electron chi connectivity index (χ1n) is 7.25. The van der Waals surface area contributed by atoms with E-state index >= 15 is 0 Å². The molecule has 9 heteroatoms. The summed E-state index contributed by atoms with van der Waals surface area (Å²) in [6, 6.07) is 10.6. The van der Waals surface area contributed by atoms with E-state index in [9.17, 15) is 18.0 Å². The normalized spacial score (nSPS) is 11.4. The summed E-state index contributed by atoms with van der Waals surface area (Å²) < 4.78 is 48.3. The molecule has 0 aliphatic heterocycles. The number of nitrogens with zero attached hydrogens (tertiary/aromatic N) is 2. The number of alkyl halides is 3. The highest BCUT2D eigenvalue weighted by molar-refractivity contribution is 6.30. The minimum absolute atomic E-state index is 0.00951. The first-order chi connectivity index (χ1) is 12.3. The molecule has 5 nitrogen and oxygen atoms in total. The van der Waals surface area contributed by atoms with Crippen LogP contribution in [0.25, 0.3) is 11.5 Å². The van der Waals surface area contributed by atoms with E-state index in [1.54, 1.807) is 24.3 Å². The van der Waals surface area contributed by atoms with Crippen LogP contribution in [0.2, 0.25) is 5.02 Å². The second kappa shape index (κ2) is 7.17. The Labute approximate surface area is 150 Å². The average Bonchev–Trinajstić information content (AvgIpc) is 3.08. The number of carbonyl (C=O) groups is 1. The molecule has 0 aliphatic carbocycles. The van der Waals surface area contributed by atoms with Crippen molar-refractivity contribution in [3.05, 3.63) is 70.6 Å². The van der Waals surface area contributed by atoms with Crippen LogP contribution in [0, 0.1) is 0 Å². The molecule has 0 fully saturated rings. The molecule has 134 valence electrons. The molecule has 1 heterocycles. The standard InChI is InChI=1S/C17H10ClF3N2O3/c18-13-6-4-10(5-7-13)15-23-22-14(26-15)9-25-16(24)11-2-1-3-12(8-11)17(19,20)21/h1-8H,9H2. The van der Waals surface area contributed by atoms with Gasteiger partial charge in [-0.1, -0.05) is 17.7 Å². The number of benzene rings is 2. The molecule has 0 unspecified atom stereocenters. The highest BCUT2D eigenvalue weighted by atomic mass is 35.5. The number of aromatic nitrogens is 2. The zero-order chi connectivity index (χ0) is 18.7. The van der Waals surface area contributed by atoms with E-state index in [1.165, 1.54) is 6.07 Å². The van der Waals surface area contributed by atoms with Crippen LogP contribution in [0.3, 0.4) is 0 Å². The van der Waals surface area contributed by atoms with Crippen LogP contribution in [0.4, 0.5) is 13.2 Å². The third-order valence-corrected chi connectivity index (χ3v) is 3.56. The zero-order valence-corrected chi connectivity index (χ0v) is 13.7. The maximum atomic E-state index is 12.7. The highest BCUT2D eigenvalue weighted by Crippen LogP contribution is 2.29. The first-order valence-corrected chi connectivity index (χ1v) is 7.63. The number of rotatable bonds is 4.